The summed E-state index contributed by atoms with van der Waals surface area (Å²) in [6.07, 6.45) is 3.51. The largest absolute Gasteiger partial charge is 0.310 e. The Labute approximate surface area is 90.0 Å². The van der Waals surface area contributed by atoms with E-state index in [0.717, 1.165) is 5.56 Å². The SMILES string of the molecule is Cc1cc(Br)c(=O)n(C/C=C/Cl)c1. The first kappa shape index (κ1) is 10.5. The van der Waals surface area contributed by atoms with Crippen LogP contribution in [0.4, 0.5) is 0 Å². The van der Waals surface area contributed by atoms with Crippen LogP contribution in [0.5, 0.6) is 0 Å². The molecule has 0 spiro atoms. The van der Waals surface area contributed by atoms with Crippen molar-refractivity contribution >= 4 is 27.5 Å². The van der Waals surface area contributed by atoms with E-state index >= 15 is 0 Å². The Hall–Kier alpha value is -0.540. The molecular formula is C9H9BrClNO. The van der Waals surface area contributed by atoms with Crippen LogP contribution in [0.15, 0.2) is 33.1 Å². The summed E-state index contributed by atoms with van der Waals surface area (Å²) in [6, 6.07) is 1.79. The Morgan fingerprint density at radius 3 is 3.00 bits per heavy atom. The summed E-state index contributed by atoms with van der Waals surface area (Å²) in [7, 11) is 0. The summed E-state index contributed by atoms with van der Waals surface area (Å²) in [5.41, 5.74) is 2.40. The highest BCUT2D eigenvalue weighted by Crippen LogP contribution is 2.05. The third-order valence-corrected chi connectivity index (χ3v) is 2.32. The topological polar surface area (TPSA) is 22.0 Å². The molecule has 0 atom stereocenters. The van der Waals surface area contributed by atoms with Gasteiger partial charge in [0.2, 0.25) is 0 Å². The van der Waals surface area contributed by atoms with Gasteiger partial charge < -0.3 is 4.57 Å². The van der Waals surface area contributed by atoms with E-state index in [0.29, 0.717) is 11.0 Å². The standard InChI is InChI=1S/C9H9BrClNO/c1-7-5-8(10)9(13)12(6-7)4-2-3-11/h2-3,5-6H,4H2,1H3/b3-2+. The van der Waals surface area contributed by atoms with E-state index in [4.69, 9.17) is 11.6 Å². The minimum absolute atomic E-state index is 0.0413. The predicted molar refractivity (Wildman–Crippen MR) is 58.1 cm³/mol. The van der Waals surface area contributed by atoms with E-state index < -0.39 is 0 Å². The van der Waals surface area contributed by atoms with Crippen LogP contribution in [-0.4, -0.2) is 4.57 Å². The monoisotopic (exact) mass is 261 g/mol. The van der Waals surface area contributed by atoms with Crippen LogP contribution in [0, 0.1) is 6.92 Å². The summed E-state index contributed by atoms with van der Waals surface area (Å²) in [4.78, 5) is 11.5. The molecule has 0 amide bonds. The highest BCUT2D eigenvalue weighted by atomic mass is 79.9. The zero-order valence-electron chi connectivity index (χ0n) is 7.13. The molecule has 0 N–H and O–H groups in total. The first-order valence-corrected chi connectivity index (χ1v) is 5.00. The Kier molecular flexibility index (Phi) is 3.75. The van der Waals surface area contributed by atoms with E-state index in [9.17, 15) is 4.79 Å². The maximum absolute atomic E-state index is 11.5. The molecule has 4 heteroatoms. The summed E-state index contributed by atoms with van der Waals surface area (Å²) >= 11 is 8.57. The lowest BCUT2D eigenvalue weighted by atomic mass is 10.3. The molecule has 13 heavy (non-hydrogen) atoms. The fourth-order valence-electron chi connectivity index (χ4n) is 1.03. The summed E-state index contributed by atoms with van der Waals surface area (Å²) in [6.45, 7) is 2.44. The van der Waals surface area contributed by atoms with Crippen LogP contribution >= 0.6 is 27.5 Å². The molecule has 1 aromatic rings. The van der Waals surface area contributed by atoms with Crippen LogP contribution < -0.4 is 5.56 Å². The molecule has 0 saturated heterocycles. The Morgan fingerprint density at radius 2 is 2.38 bits per heavy atom. The van der Waals surface area contributed by atoms with Crippen molar-refractivity contribution in [3.05, 3.63) is 44.3 Å². The molecule has 1 aromatic heterocycles. The molecule has 0 saturated carbocycles. The number of aryl methyl sites for hydroxylation is 1. The van der Waals surface area contributed by atoms with Crippen LogP contribution in [0.3, 0.4) is 0 Å². The van der Waals surface area contributed by atoms with Crippen LogP contribution in [0.1, 0.15) is 5.56 Å². The zero-order valence-corrected chi connectivity index (χ0v) is 9.47. The van der Waals surface area contributed by atoms with Crippen molar-refractivity contribution in [2.45, 2.75) is 13.5 Å². The normalized spacial score (nSPS) is 11.0. The maximum Gasteiger partial charge on any atom is 0.265 e. The zero-order chi connectivity index (χ0) is 9.84. The summed E-state index contributed by atoms with van der Waals surface area (Å²) in [5, 5.41) is 0. The molecule has 0 aliphatic rings. The van der Waals surface area contributed by atoms with Crippen LogP contribution in [0.2, 0.25) is 0 Å². The molecule has 0 aliphatic carbocycles. The van der Waals surface area contributed by atoms with Crippen molar-refractivity contribution in [1.82, 2.24) is 4.57 Å². The van der Waals surface area contributed by atoms with Gasteiger partial charge in [-0.15, -0.1) is 0 Å². The molecule has 0 aromatic carbocycles. The van der Waals surface area contributed by atoms with Gasteiger partial charge in [-0.1, -0.05) is 17.7 Å². The fraction of sp³-hybridized carbons (Fsp3) is 0.222. The summed E-state index contributed by atoms with van der Waals surface area (Å²) in [5.74, 6) is 0. The van der Waals surface area contributed by atoms with Gasteiger partial charge in [0.15, 0.2) is 0 Å². The van der Waals surface area contributed by atoms with Crippen molar-refractivity contribution < 1.29 is 0 Å². The second-order valence-corrected chi connectivity index (χ2v) is 3.79. The molecule has 1 rings (SSSR count). The maximum atomic E-state index is 11.5. The van der Waals surface area contributed by atoms with Crippen molar-refractivity contribution in [1.29, 1.82) is 0 Å². The van der Waals surface area contributed by atoms with Crippen LogP contribution in [0.25, 0.3) is 0 Å². The van der Waals surface area contributed by atoms with E-state index in [2.05, 4.69) is 15.9 Å². The van der Waals surface area contributed by atoms with Crippen molar-refractivity contribution in [3.8, 4) is 0 Å². The minimum Gasteiger partial charge on any atom is -0.310 e. The van der Waals surface area contributed by atoms with Gasteiger partial charge in [-0.3, -0.25) is 4.79 Å². The van der Waals surface area contributed by atoms with E-state index in [1.54, 1.807) is 22.9 Å². The highest BCUT2D eigenvalue weighted by molar-refractivity contribution is 9.10. The van der Waals surface area contributed by atoms with Crippen molar-refractivity contribution in [2.24, 2.45) is 0 Å². The molecule has 0 bridgehead atoms. The second kappa shape index (κ2) is 4.63. The third-order valence-electron chi connectivity index (χ3n) is 1.57. The van der Waals surface area contributed by atoms with E-state index in [1.165, 1.54) is 5.54 Å². The number of rotatable bonds is 2. The van der Waals surface area contributed by atoms with Gasteiger partial charge in [-0.25, -0.2) is 0 Å². The fourth-order valence-corrected chi connectivity index (χ4v) is 1.70. The van der Waals surface area contributed by atoms with E-state index in [-0.39, 0.29) is 5.56 Å². The predicted octanol–water partition coefficient (Wildman–Crippen LogP) is 2.67. The lowest BCUT2D eigenvalue weighted by molar-refractivity contribution is 0.769. The van der Waals surface area contributed by atoms with Crippen molar-refractivity contribution in [3.63, 3.8) is 0 Å². The second-order valence-electron chi connectivity index (χ2n) is 2.68. The molecule has 1 heterocycles. The first-order chi connectivity index (χ1) is 6.15. The molecule has 0 fully saturated rings. The van der Waals surface area contributed by atoms with Gasteiger partial charge in [-0.2, -0.15) is 0 Å². The van der Waals surface area contributed by atoms with Crippen LogP contribution in [-0.2, 0) is 6.54 Å². The molecule has 0 aliphatic heterocycles. The van der Waals surface area contributed by atoms with Gasteiger partial charge >= 0.3 is 0 Å². The van der Waals surface area contributed by atoms with E-state index in [1.807, 2.05) is 6.92 Å². The number of pyridine rings is 1. The number of hydrogen-bond donors (Lipinski definition) is 0. The van der Waals surface area contributed by atoms with Gasteiger partial charge in [0.05, 0.1) is 4.47 Å². The van der Waals surface area contributed by atoms with Crippen molar-refractivity contribution in [2.75, 3.05) is 0 Å². The first-order valence-electron chi connectivity index (χ1n) is 3.77. The van der Waals surface area contributed by atoms with Gasteiger partial charge in [0.25, 0.3) is 5.56 Å². The molecule has 2 nitrogen and oxygen atoms in total. The van der Waals surface area contributed by atoms with Gasteiger partial charge in [0.1, 0.15) is 0 Å². The third kappa shape index (κ3) is 2.71. The van der Waals surface area contributed by atoms with Gasteiger partial charge in [0, 0.05) is 18.3 Å². The minimum atomic E-state index is -0.0413. The van der Waals surface area contributed by atoms with Gasteiger partial charge in [-0.05, 0) is 34.5 Å². The number of nitrogens with zero attached hydrogens (tertiary/aromatic N) is 1. The quantitative estimate of drug-likeness (QED) is 0.803. The Morgan fingerprint density at radius 1 is 1.69 bits per heavy atom. The summed E-state index contributed by atoms with van der Waals surface area (Å²) < 4.78 is 2.17. The average Bonchev–Trinajstić information content (AvgIpc) is 2.09. The number of aromatic nitrogens is 1. The molecule has 0 radical (unpaired) electrons. The Balaban J connectivity index is 3.13. The molecular weight excluding hydrogens is 253 g/mol. The number of hydrogen-bond acceptors (Lipinski definition) is 1. The number of halogens is 2. The lowest BCUT2D eigenvalue weighted by Gasteiger charge is -2.03. The highest BCUT2D eigenvalue weighted by Gasteiger charge is 1.99. The average molecular weight is 263 g/mol. The molecule has 70 valence electrons. The number of allylic oxidation sites excluding steroid dienone is 1. The smallest absolute Gasteiger partial charge is 0.265 e. The lowest BCUT2D eigenvalue weighted by Crippen LogP contribution is -2.19. The molecule has 0 unspecified atom stereocenters. The Bertz CT molecular complexity index is 384.